The lowest BCUT2D eigenvalue weighted by molar-refractivity contribution is 0.0694. The lowest BCUT2D eigenvalue weighted by atomic mass is 10.2. The van der Waals surface area contributed by atoms with E-state index in [0.29, 0.717) is 15.8 Å². The van der Waals surface area contributed by atoms with Gasteiger partial charge in [0.15, 0.2) is 0 Å². The molecular formula is C14H8BrNO3. The Balaban J connectivity index is 2.34. The number of ether oxygens (including phenoxy) is 1. The lowest BCUT2D eigenvalue weighted by Gasteiger charge is -2.09. The van der Waals surface area contributed by atoms with E-state index in [1.54, 1.807) is 36.4 Å². The van der Waals surface area contributed by atoms with Gasteiger partial charge in [-0.3, -0.25) is 0 Å². The third-order valence-corrected chi connectivity index (χ3v) is 3.06. The molecule has 0 aliphatic heterocycles. The summed E-state index contributed by atoms with van der Waals surface area (Å²) < 4.78 is 6.13. The quantitative estimate of drug-likeness (QED) is 0.934. The molecule has 0 saturated heterocycles. The molecule has 0 aliphatic rings. The summed E-state index contributed by atoms with van der Waals surface area (Å²) in [6.07, 6.45) is 0. The number of carbonyl (C=O) groups is 1. The first-order chi connectivity index (χ1) is 9.11. The highest BCUT2D eigenvalue weighted by molar-refractivity contribution is 9.10. The second-order valence-corrected chi connectivity index (χ2v) is 4.51. The normalized spacial score (nSPS) is 9.68. The highest BCUT2D eigenvalue weighted by Crippen LogP contribution is 2.28. The first kappa shape index (κ1) is 13.1. The topological polar surface area (TPSA) is 70.3 Å². The number of nitriles is 1. The lowest BCUT2D eigenvalue weighted by Crippen LogP contribution is -1.99. The molecule has 0 radical (unpaired) electrons. The number of para-hydroxylation sites is 1. The molecule has 2 aromatic carbocycles. The Morgan fingerprint density at radius 3 is 2.63 bits per heavy atom. The minimum Gasteiger partial charge on any atom is -0.478 e. The van der Waals surface area contributed by atoms with Crippen LogP contribution in [-0.2, 0) is 0 Å². The first-order valence-corrected chi connectivity index (χ1v) is 6.11. The van der Waals surface area contributed by atoms with Gasteiger partial charge in [-0.15, -0.1) is 0 Å². The summed E-state index contributed by atoms with van der Waals surface area (Å²) in [5.74, 6) is -0.338. The van der Waals surface area contributed by atoms with Gasteiger partial charge in [-0.25, -0.2) is 4.79 Å². The summed E-state index contributed by atoms with van der Waals surface area (Å²) in [4.78, 5) is 11.0. The van der Waals surface area contributed by atoms with Crippen LogP contribution in [-0.4, -0.2) is 11.1 Å². The molecule has 0 atom stereocenters. The number of carboxylic acids is 1. The Bertz CT molecular complexity index is 677. The summed E-state index contributed by atoms with van der Waals surface area (Å²) in [6.45, 7) is 0. The van der Waals surface area contributed by atoms with Crippen LogP contribution < -0.4 is 4.74 Å². The van der Waals surface area contributed by atoms with Crippen molar-refractivity contribution in [2.24, 2.45) is 0 Å². The average molecular weight is 318 g/mol. The summed E-state index contributed by atoms with van der Waals surface area (Å²) in [6, 6.07) is 13.2. The summed E-state index contributed by atoms with van der Waals surface area (Å²) in [5, 5.41) is 17.9. The van der Waals surface area contributed by atoms with E-state index in [1.807, 2.05) is 6.07 Å². The molecule has 5 heteroatoms. The monoisotopic (exact) mass is 317 g/mol. The molecule has 0 fully saturated rings. The van der Waals surface area contributed by atoms with Gasteiger partial charge in [-0.1, -0.05) is 12.1 Å². The molecule has 4 nitrogen and oxygen atoms in total. The van der Waals surface area contributed by atoms with E-state index in [4.69, 9.17) is 15.1 Å². The maximum atomic E-state index is 11.0. The number of aromatic carboxylic acids is 1. The van der Waals surface area contributed by atoms with Crippen LogP contribution >= 0.6 is 15.9 Å². The Morgan fingerprint density at radius 2 is 2.00 bits per heavy atom. The molecule has 0 aliphatic carbocycles. The van der Waals surface area contributed by atoms with Gasteiger partial charge in [0.25, 0.3) is 0 Å². The van der Waals surface area contributed by atoms with Gasteiger partial charge in [0.1, 0.15) is 23.1 Å². The van der Waals surface area contributed by atoms with Gasteiger partial charge in [-0.2, -0.15) is 5.26 Å². The maximum absolute atomic E-state index is 11.0. The van der Waals surface area contributed by atoms with E-state index in [2.05, 4.69) is 15.9 Å². The molecule has 0 amide bonds. The summed E-state index contributed by atoms with van der Waals surface area (Å²) >= 11 is 3.25. The van der Waals surface area contributed by atoms with Crippen LogP contribution in [0.3, 0.4) is 0 Å². The molecule has 0 saturated carbocycles. The summed E-state index contributed by atoms with van der Waals surface area (Å²) in [7, 11) is 0. The van der Waals surface area contributed by atoms with Crippen molar-refractivity contribution in [2.75, 3.05) is 0 Å². The van der Waals surface area contributed by atoms with Crippen molar-refractivity contribution >= 4 is 21.9 Å². The molecular weight excluding hydrogens is 310 g/mol. The van der Waals surface area contributed by atoms with E-state index in [-0.39, 0.29) is 11.3 Å². The predicted molar refractivity (Wildman–Crippen MR) is 72.3 cm³/mol. The summed E-state index contributed by atoms with van der Waals surface area (Å²) in [5.41, 5.74) is 0.571. The third-order valence-electron chi connectivity index (χ3n) is 2.41. The largest absolute Gasteiger partial charge is 0.478 e. The molecule has 0 bridgehead atoms. The van der Waals surface area contributed by atoms with E-state index >= 15 is 0 Å². The van der Waals surface area contributed by atoms with Crippen LogP contribution in [0, 0.1) is 11.3 Å². The van der Waals surface area contributed by atoms with Crippen LogP contribution in [0.25, 0.3) is 0 Å². The van der Waals surface area contributed by atoms with Crippen LogP contribution in [0.4, 0.5) is 0 Å². The number of hydrogen-bond donors (Lipinski definition) is 1. The smallest absolute Gasteiger partial charge is 0.339 e. The number of rotatable bonds is 3. The Morgan fingerprint density at radius 1 is 1.26 bits per heavy atom. The van der Waals surface area contributed by atoms with Gasteiger partial charge >= 0.3 is 5.97 Å². The van der Waals surface area contributed by atoms with Gasteiger partial charge in [0, 0.05) is 4.47 Å². The second kappa shape index (κ2) is 5.55. The Labute approximate surface area is 118 Å². The fraction of sp³-hybridized carbons (Fsp3) is 0. The molecule has 1 N–H and O–H groups in total. The zero-order valence-corrected chi connectivity index (χ0v) is 11.2. The van der Waals surface area contributed by atoms with Crippen LogP contribution in [0.15, 0.2) is 46.9 Å². The number of benzene rings is 2. The third kappa shape index (κ3) is 2.92. The minimum absolute atomic E-state index is 0.0861. The van der Waals surface area contributed by atoms with E-state index in [0.717, 1.165) is 0 Å². The average Bonchev–Trinajstić information content (AvgIpc) is 2.39. The highest BCUT2D eigenvalue weighted by Gasteiger charge is 2.11. The van der Waals surface area contributed by atoms with E-state index in [9.17, 15) is 4.79 Å². The van der Waals surface area contributed by atoms with Gasteiger partial charge in [0.05, 0.1) is 5.56 Å². The van der Waals surface area contributed by atoms with Crippen LogP contribution in [0.1, 0.15) is 15.9 Å². The molecule has 19 heavy (non-hydrogen) atoms. The number of carboxylic acid groups (broad SMARTS) is 1. The molecule has 0 heterocycles. The first-order valence-electron chi connectivity index (χ1n) is 5.31. The fourth-order valence-corrected chi connectivity index (χ4v) is 1.96. The fourth-order valence-electron chi connectivity index (χ4n) is 1.51. The second-order valence-electron chi connectivity index (χ2n) is 3.66. The SMILES string of the molecule is N#Cc1ccc(Oc2ccccc2C(=O)O)cc1Br. The molecule has 2 aromatic rings. The van der Waals surface area contributed by atoms with Gasteiger partial charge in [-0.05, 0) is 46.3 Å². The van der Waals surface area contributed by atoms with Crippen molar-refractivity contribution < 1.29 is 14.6 Å². The van der Waals surface area contributed by atoms with Crippen molar-refractivity contribution in [2.45, 2.75) is 0 Å². The maximum Gasteiger partial charge on any atom is 0.339 e. The Hall–Kier alpha value is -2.32. The molecule has 0 spiro atoms. The Kier molecular flexibility index (Phi) is 3.83. The van der Waals surface area contributed by atoms with Crippen molar-refractivity contribution in [3.8, 4) is 17.6 Å². The zero-order valence-electron chi connectivity index (χ0n) is 9.63. The highest BCUT2D eigenvalue weighted by atomic mass is 79.9. The molecule has 2 rings (SSSR count). The van der Waals surface area contributed by atoms with Crippen molar-refractivity contribution in [3.63, 3.8) is 0 Å². The number of halogens is 1. The molecule has 0 unspecified atom stereocenters. The van der Waals surface area contributed by atoms with E-state index < -0.39 is 5.97 Å². The van der Waals surface area contributed by atoms with Crippen LogP contribution in [0.5, 0.6) is 11.5 Å². The number of hydrogen-bond acceptors (Lipinski definition) is 3. The molecule has 0 aromatic heterocycles. The predicted octanol–water partition coefficient (Wildman–Crippen LogP) is 3.81. The van der Waals surface area contributed by atoms with Crippen molar-refractivity contribution in [1.29, 1.82) is 5.26 Å². The van der Waals surface area contributed by atoms with Crippen molar-refractivity contribution in [1.82, 2.24) is 0 Å². The minimum atomic E-state index is -1.05. The van der Waals surface area contributed by atoms with Gasteiger partial charge in [0.2, 0.25) is 0 Å². The van der Waals surface area contributed by atoms with Crippen molar-refractivity contribution in [3.05, 3.63) is 58.1 Å². The zero-order chi connectivity index (χ0) is 13.8. The van der Waals surface area contributed by atoms with Gasteiger partial charge < -0.3 is 9.84 Å². The standard InChI is InChI=1S/C14H8BrNO3/c15-12-7-10(6-5-9(12)8-16)19-13-4-2-1-3-11(13)14(17)18/h1-7H,(H,17,18). The van der Waals surface area contributed by atoms with E-state index in [1.165, 1.54) is 6.07 Å². The number of nitrogens with zero attached hydrogens (tertiary/aromatic N) is 1. The molecule has 94 valence electrons. The van der Waals surface area contributed by atoms with Crippen LogP contribution in [0.2, 0.25) is 0 Å².